The molecule has 4 nitrogen and oxygen atoms in total. The van der Waals surface area contributed by atoms with Gasteiger partial charge in [0.25, 0.3) is 0 Å². The Bertz CT molecular complexity index is 378. The predicted molar refractivity (Wildman–Crippen MR) is 74.6 cm³/mol. The summed E-state index contributed by atoms with van der Waals surface area (Å²) in [4.78, 5) is 29.1. The fourth-order valence-corrected chi connectivity index (χ4v) is 3.71. The number of piperazine rings is 1. The van der Waals surface area contributed by atoms with Gasteiger partial charge in [-0.05, 0) is 39.5 Å². The zero-order valence-electron chi connectivity index (χ0n) is 12.6. The van der Waals surface area contributed by atoms with Crippen molar-refractivity contribution in [2.24, 2.45) is 0 Å². The number of carbonyl (C=O) groups is 2. The van der Waals surface area contributed by atoms with E-state index in [2.05, 4.69) is 20.8 Å². The Labute approximate surface area is 116 Å². The smallest absolute Gasteiger partial charge is 0.246 e. The van der Waals surface area contributed by atoms with Gasteiger partial charge in [-0.2, -0.15) is 0 Å². The highest BCUT2D eigenvalue weighted by atomic mass is 16.2. The Hall–Kier alpha value is -1.06. The zero-order chi connectivity index (χ0) is 14.2. The van der Waals surface area contributed by atoms with Gasteiger partial charge < -0.3 is 9.80 Å². The first kappa shape index (κ1) is 14.4. The molecule has 2 heterocycles. The van der Waals surface area contributed by atoms with Crippen LogP contribution in [0.2, 0.25) is 0 Å². The van der Waals surface area contributed by atoms with Crippen molar-refractivity contribution in [3.05, 3.63) is 0 Å². The van der Waals surface area contributed by atoms with Crippen LogP contribution in [-0.4, -0.2) is 45.8 Å². The van der Waals surface area contributed by atoms with Gasteiger partial charge >= 0.3 is 0 Å². The van der Waals surface area contributed by atoms with E-state index in [0.717, 1.165) is 32.2 Å². The average molecular weight is 266 g/mol. The van der Waals surface area contributed by atoms with Gasteiger partial charge in [0.1, 0.15) is 12.1 Å². The number of hydrogen-bond acceptors (Lipinski definition) is 2. The Kier molecular flexibility index (Phi) is 3.88. The van der Waals surface area contributed by atoms with Gasteiger partial charge in [0, 0.05) is 12.1 Å². The summed E-state index contributed by atoms with van der Waals surface area (Å²) in [5.41, 5.74) is -0.225. The number of fused-ring (bicyclic) bond motifs is 1. The first-order valence-corrected chi connectivity index (χ1v) is 7.57. The Balaban J connectivity index is 2.34. The number of rotatable bonds is 4. The molecule has 2 atom stereocenters. The molecular formula is C15H26N2O2. The fraction of sp³-hybridized carbons (Fsp3) is 0.867. The zero-order valence-corrected chi connectivity index (χ0v) is 12.6. The van der Waals surface area contributed by atoms with Gasteiger partial charge in [-0.15, -0.1) is 0 Å². The molecule has 4 heteroatoms. The van der Waals surface area contributed by atoms with Crippen LogP contribution in [0.15, 0.2) is 0 Å². The Morgan fingerprint density at radius 1 is 1.21 bits per heavy atom. The van der Waals surface area contributed by atoms with Crippen molar-refractivity contribution in [2.45, 2.75) is 77.4 Å². The molecular weight excluding hydrogens is 240 g/mol. The summed E-state index contributed by atoms with van der Waals surface area (Å²) in [5.74, 6) is 0.330. The topological polar surface area (TPSA) is 40.6 Å². The molecule has 0 bridgehead atoms. The summed E-state index contributed by atoms with van der Waals surface area (Å²) in [6.07, 6.45) is 4.46. The Morgan fingerprint density at radius 3 is 2.47 bits per heavy atom. The molecule has 0 spiro atoms. The molecule has 0 aliphatic carbocycles. The maximum atomic E-state index is 12.8. The van der Waals surface area contributed by atoms with Crippen molar-refractivity contribution in [1.82, 2.24) is 9.80 Å². The number of hydrogen-bond donors (Lipinski definition) is 0. The Morgan fingerprint density at radius 2 is 1.89 bits per heavy atom. The minimum absolute atomic E-state index is 0.161. The second kappa shape index (κ2) is 5.14. The second-order valence-electron chi connectivity index (χ2n) is 6.38. The van der Waals surface area contributed by atoms with E-state index >= 15 is 0 Å². The molecule has 2 saturated heterocycles. The lowest BCUT2D eigenvalue weighted by Gasteiger charge is -2.49. The molecule has 0 aromatic heterocycles. The van der Waals surface area contributed by atoms with Crippen LogP contribution in [0.25, 0.3) is 0 Å². The minimum atomic E-state index is -0.261. The predicted octanol–water partition coefficient (Wildman–Crippen LogP) is 2.18. The van der Waals surface area contributed by atoms with Crippen LogP contribution in [0.3, 0.4) is 0 Å². The second-order valence-corrected chi connectivity index (χ2v) is 6.38. The van der Waals surface area contributed by atoms with Gasteiger partial charge in [0.15, 0.2) is 0 Å². The summed E-state index contributed by atoms with van der Waals surface area (Å²) < 4.78 is 0. The molecule has 2 amide bonds. The first-order valence-electron chi connectivity index (χ1n) is 7.57. The normalized spacial score (nSPS) is 28.0. The molecule has 2 unspecified atom stereocenters. The molecule has 2 aliphatic rings. The van der Waals surface area contributed by atoms with Crippen molar-refractivity contribution in [2.75, 3.05) is 6.54 Å². The third kappa shape index (κ3) is 2.26. The van der Waals surface area contributed by atoms with Crippen molar-refractivity contribution in [1.29, 1.82) is 0 Å². The van der Waals surface area contributed by atoms with Crippen molar-refractivity contribution in [3.8, 4) is 0 Å². The minimum Gasteiger partial charge on any atom is -0.329 e. The van der Waals surface area contributed by atoms with Crippen LogP contribution in [0.5, 0.6) is 0 Å². The molecule has 0 saturated carbocycles. The number of carbonyl (C=O) groups excluding carboxylic acids is 2. The molecule has 2 aliphatic heterocycles. The van der Waals surface area contributed by atoms with E-state index in [-0.39, 0.29) is 29.4 Å². The third-order valence-corrected chi connectivity index (χ3v) is 4.56. The van der Waals surface area contributed by atoms with E-state index in [1.165, 1.54) is 0 Å². The summed E-state index contributed by atoms with van der Waals surface area (Å²) in [7, 11) is 0. The average Bonchev–Trinajstić information content (AvgIpc) is 2.82. The van der Waals surface area contributed by atoms with Crippen LogP contribution in [0.4, 0.5) is 0 Å². The lowest BCUT2D eigenvalue weighted by molar-refractivity contribution is -0.166. The maximum Gasteiger partial charge on any atom is 0.246 e. The van der Waals surface area contributed by atoms with E-state index in [0.29, 0.717) is 6.42 Å². The molecule has 108 valence electrons. The molecule has 2 rings (SSSR count). The molecule has 2 fully saturated rings. The van der Waals surface area contributed by atoms with E-state index in [4.69, 9.17) is 0 Å². The highest BCUT2D eigenvalue weighted by Gasteiger charge is 2.50. The van der Waals surface area contributed by atoms with E-state index in [1.807, 2.05) is 16.7 Å². The molecule has 0 aromatic rings. The molecule has 0 N–H and O–H groups in total. The summed E-state index contributed by atoms with van der Waals surface area (Å²) in [5, 5.41) is 0. The van der Waals surface area contributed by atoms with Crippen molar-refractivity contribution in [3.63, 3.8) is 0 Å². The summed E-state index contributed by atoms with van der Waals surface area (Å²) in [6, 6.07) is -0.449. The highest BCUT2D eigenvalue weighted by Crippen LogP contribution is 2.34. The van der Waals surface area contributed by atoms with Crippen LogP contribution in [0.1, 0.15) is 59.8 Å². The number of amides is 2. The monoisotopic (exact) mass is 266 g/mol. The first-order chi connectivity index (χ1) is 8.94. The van der Waals surface area contributed by atoms with E-state index in [9.17, 15) is 9.59 Å². The van der Waals surface area contributed by atoms with Gasteiger partial charge in [-0.3, -0.25) is 9.59 Å². The van der Waals surface area contributed by atoms with E-state index in [1.54, 1.807) is 0 Å². The summed E-state index contributed by atoms with van der Waals surface area (Å²) >= 11 is 0. The lowest BCUT2D eigenvalue weighted by Crippen LogP contribution is -2.67. The maximum absolute atomic E-state index is 12.8. The largest absolute Gasteiger partial charge is 0.329 e. The lowest BCUT2D eigenvalue weighted by atomic mass is 9.90. The van der Waals surface area contributed by atoms with Gasteiger partial charge in [-0.25, -0.2) is 0 Å². The highest BCUT2D eigenvalue weighted by molar-refractivity contribution is 5.97. The fourth-order valence-electron chi connectivity index (χ4n) is 3.71. The van der Waals surface area contributed by atoms with Crippen LogP contribution < -0.4 is 0 Å². The van der Waals surface area contributed by atoms with Crippen LogP contribution in [0, 0.1) is 0 Å². The van der Waals surface area contributed by atoms with Crippen molar-refractivity contribution >= 4 is 11.8 Å². The standard InChI is InChI=1S/C15H26N2O2/c1-5-9-15(3,4)17-11(6-2)13(18)16-10-7-8-12(16)14(17)19/h11-12H,5-10H2,1-4H3. The van der Waals surface area contributed by atoms with Gasteiger partial charge in [0.05, 0.1) is 0 Å². The van der Waals surface area contributed by atoms with Crippen molar-refractivity contribution < 1.29 is 9.59 Å². The quantitative estimate of drug-likeness (QED) is 0.782. The molecule has 19 heavy (non-hydrogen) atoms. The van der Waals surface area contributed by atoms with Crippen LogP contribution in [-0.2, 0) is 9.59 Å². The molecule has 0 aromatic carbocycles. The van der Waals surface area contributed by atoms with Crippen LogP contribution >= 0.6 is 0 Å². The molecule has 0 radical (unpaired) electrons. The van der Waals surface area contributed by atoms with Gasteiger partial charge in [0.2, 0.25) is 11.8 Å². The summed E-state index contributed by atoms with van der Waals surface area (Å²) in [6.45, 7) is 9.07. The third-order valence-electron chi connectivity index (χ3n) is 4.56. The van der Waals surface area contributed by atoms with E-state index < -0.39 is 0 Å². The SMILES string of the molecule is CCCC(C)(C)N1C(=O)C2CCCN2C(=O)C1CC. The number of nitrogens with zero attached hydrogens (tertiary/aromatic N) is 2. The van der Waals surface area contributed by atoms with Gasteiger partial charge in [-0.1, -0.05) is 20.3 Å².